The Morgan fingerprint density at radius 2 is 1.83 bits per heavy atom. The summed E-state index contributed by atoms with van der Waals surface area (Å²) in [6.07, 6.45) is 10.6. The average molecular weight is 331 g/mol. The van der Waals surface area contributed by atoms with Crippen molar-refractivity contribution in [1.29, 1.82) is 0 Å². The summed E-state index contributed by atoms with van der Waals surface area (Å²) < 4.78 is 4.70. The number of esters is 1. The molecule has 0 saturated carbocycles. The number of benzene rings is 1. The predicted octanol–water partition coefficient (Wildman–Crippen LogP) is 4.31. The minimum Gasteiger partial charge on any atom is -0.465 e. The minimum atomic E-state index is -0.378. The number of carbonyl (C=O) groups is 2. The molecule has 1 aromatic carbocycles. The van der Waals surface area contributed by atoms with Crippen molar-refractivity contribution in [2.75, 3.05) is 20.7 Å². The van der Waals surface area contributed by atoms with Crippen molar-refractivity contribution < 1.29 is 14.3 Å². The standard InChI is InChI=1S/C20H29NO3/c1-4-5-6-7-8-9-15-21(2)19(22)14-13-17-11-10-12-18(16-17)20(23)24-3/h10-14,16H,4-9,15H2,1-3H3. The van der Waals surface area contributed by atoms with Crippen LogP contribution in [0.4, 0.5) is 0 Å². The summed E-state index contributed by atoms with van der Waals surface area (Å²) in [6, 6.07) is 7.03. The van der Waals surface area contributed by atoms with Crippen LogP contribution in [0, 0.1) is 0 Å². The lowest BCUT2D eigenvalue weighted by atomic mass is 10.1. The van der Waals surface area contributed by atoms with Gasteiger partial charge in [-0.25, -0.2) is 4.79 Å². The molecule has 1 rings (SSSR count). The summed E-state index contributed by atoms with van der Waals surface area (Å²) in [5.74, 6) is -0.399. The van der Waals surface area contributed by atoms with E-state index in [0.717, 1.165) is 18.5 Å². The Morgan fingerprint density at radius 3 is 2.54 bits per heavy atom. The Balaban J connectivity index is 2.43. The van der Waals surface area contributed by atoms with Crippen LogP contribution in [0.25, 0.3) is 6.08 Å². The van der Waals surface area contributed by atoms with Crippen LogP contribution in [0.3, 0.4) is 0 Å². The van der Waals surface area contributed by atoms with Crippen molar-refractivity contribution in [3.8, 4) is 0 Å². The van der Waals surface area contributed by atoms with Gasteiger partial charge in [-0.1, -0.05) is 51.2 Å². The van der Waals surface area contributed by atoms with Gasteiger partial charge in [0, 0.05) is 19.7 Å². The van der Waals surface area contributed by atoms with Crippen LogP contribution in [0.5, 0.6) is 0 Å². The maximum atomic E-state index is 12.1. The summed E-state index contributed by atoms with van der Waals surface area (Å²) in [5.41, 5.74) is 1.28. The van der Waals surface area contributed by atoms with Crippen LogP contribution in [-0.4, -0.2) is 37.5 Å². The average Bonchev–Trinajstić information content (AvgIpc) is 2.61. The summed E-state index contributed by atoms with van der Waals surface area (Å²) in [4.78, 5) is 25.3. The van der Waals surface area contributed by atoms with E-state index in [1.54, 1.807) is 35.3 Å². The van der Waals surface area contributed by atoms with Crippen molar-refractivity contribution in [2.24, 2.45) is 0 Å². The molecule has 0 aromatic heterocycles. The molecule has 0 aliphatic carbocycles. The van der Waals surface area contributed by atoms with Gasteiger partial charge in [-0.3, -0.25) is 4.79 Å². The Kier molecular flexibility index (Phi) is 9.51. The van der Waals surface area contributed by atoms with Crippen molar-refractivity contribution in [2.45, 2.75) is 45.4 Å². The van der Waals surface area contributed by atoms with Crippen LogP contribution in [0.2, 0.25) is 0 Å². The highest BCUT2D eigenvalue weighted by Crippen LogP contribution is 2.09. The van der Waals surface area contributed by atoms with Gasteiger partial charge >= 0.3 is 5.97 Å². The van der Waals surface area contributed by atoms with Crippen molar-refractivity contribution in [3.05, 3.63) is 41.5 Å². The number of hydrogen-bond donors (Lipinski definition) is 0. The van der Waals surface area contributed by atoms with Gasteiger partial charge in [0.1, 0.15) is 0 Å². The van der Waals surface area contributed by atoms with Crippen LogP contribution < -0.4 is 0 Å². The number of unbranched alkanes of at least 4 members (excludes halogenated alkanes) is 5. The van der Waals surface area contributed by atoms with Crippen LogP contribution in [-0.2, 0) is 9.53 Å². The molecular formula is C20H29NO3. The Morgan fingerprint density at radius 1 is 1.12 bits per heavy atom. The molecule has 0 atom stereocenters. The second-order valence-electron chi connectivity index (χ2n) is 5.98. The van der Waals surface area contributed by atoms with E-state index in [1.807, 2.05) is 13.1 Å². The number of rotatable bonds is 10. The number of hydrogen-bond acceptors (Lipinski definition) is 3. The van der Waals surface area contributed by atoms with Gasteiger partial charge in [-0.05, 0) is 30.2 Å². The maximum Gasteiger partial charge on any atom is 0.337 e. The number of nitrogens with zero attached hydrogens (tertiary/aromatic N) is 1. The lowest BCUT2D eigenvalue weighted by molar-refractivity contribution is -0.124. The van der Waals surface area contributed by atoms with Crippen LogP contribution in [0.15, 0.2) is 30.3 Å². The molecule has 0 fully saturated rings. The van der Waals surface area contributed by atoms with E-state index in [4.69, 9.17) is 4.74 Å². The van der Waals surface area contributed by atoms with Gasteiger partial charge in [-0.2, -0.15) is 0 Å². The van der Waals surface area contributed by atoms with Gasteiger partial charge in [0.25, 0.3) is 0 Å². The second-order valence-corrected chi connectivity index (χ2v) is 5.98. The number of carbonyl (C=O) groups excluding carboxylic acids is 2. The lowest BCUT2D eigenvalue weighted by Crippen LogP contribution is -2.25. The van der Waals surface area contributed by atoms with Gasteiger partial charge in [-0.15, -0.1) is 0 Å². The molecular weight excluding hydrogens is 302 g/mol. The molecule has 4 heteroatoms. The fourth-order valence-corrected chi connectivity index (χ4v) is 2.42. The lowest BCUT2D eigenvalue weighted by Gasteiger charge is -2.14. The van der Waals surface area contributed by atoms with E-state index < -0.39 is 0 Å². The molecule has 0 aliphatic heterocycles. The zero-order chi connectivity index (χ0) is 17.8. The number of ether oxygens (including phenoxy) is 1. The van der Waals surface area contributed by atoms with E-state index in [9.17, 15) is 9.59 Å². The second kappa shape index (κ2) is 11.4. The molecule has 0 aliphatic rings. The molecule has 0 radical (unpaired) electrons. The SMILES string of the molecule is CCCCCCCCN(C)C(=O)C=Cc1cccc(C(=O)OC)c1. The summed E-state index contributed by atoms with van der Waals surface area (Å²) in [7, 11) is 3.18. The Labute approximate surface area is 145 Å². The van der Waals surface area contributed by atoms with E-state index in [2.05, 4.69) is 6.92 Å². The Bertz CT molecular complexity index is 552. The highest BCUT2D eigenvalue weighted by atomic mass is 16.5. The molecule has 1 aromatic rings. The van der Waals surface area contributed by atoms with Gasteiger partial charge in [0.15, 0.2) is 0 Å². The molecule has 0 heterocycles. The highest BCUT2D eigenvalue weighted by molar-refractivity contribution is 5.93. The van der Waals surface area contributed by atoms with Crippen molar-refractivity contribution in [1.82, 2.24) is 4.90 Å². The number of likely N-dealkylation sites (N-methyl/N-ethyl adjacent to an activating group) is 1. The number of amides is 1. The topological polar surface area (TPSA) is 46.6 Å². The first kappa shape index (κ1) is 19.9. The van der Waals surface area contributed by atoms with Crippen molar-refractivity contribution >= 4 is 18.0 Å². The summed E-state index contributed by atoms with van der Waals surface area (Å²) in [6.45, 7) is 2.98. The molecule has 0 saturated heterocycles. The molecule has 0 bridgehead atoms. The highest BCUT2D eigenvalue weighted by Gasteiger charge is 2.06. The molecule has 4 nitrogen and oxygen atoms in total. The quantitative estimate of drug-likeness (QED) is 0.365. The van der Waals surface area contributed by atoms with Gasteiger partial charge in [0.05, 0.1) is 12.7 Å². The monoisotopic (exact) mass is 331 g/mol. The van der Waals surface area contributed by atoms with Gasteiger partial charge in [0.2, 0.25) is 5.91 Å². The minimum absolute atomic E-state index is 0.0213. The molecule has 0 unspecified atom stereocenters. The molecule has 132 valence electrons. The van der Waals surface area contributed by atoms with Gasteiger partial charge < -0.3 is 9.64 Å². The molecule has 1 amide bonds. The predicted molar refractivity (Wildman–Crippen MR) is 97.8 cm³/mol. The van der Waals surface area contributed by atoms with Crippen LogP contribution >= 0.6 is 0 Å². The third-order valence-electron chi connectivity index (χ3n) is 3.95. The first-order chi connectivity index (χ1) is 11.6. The third-order valence-corrected chi connectivity index (χ3v) is 3.95. The molecule has 0 N–H and O–H groups in total. The first-order valence-electron chi connectivity index (χ1n) is 8.70. The fraction of sp³-hybridized carbons (Fsp3) is 0.500. The molecule has 24 heavy (non-hydrogen) atoms. The maximum absolute atomic E-state index is 12.1. The summed E-state index contributed by atoms with van der Waals surface area (Å²) in [5, 5.41) is 0. The van der Waals surface area contributed by atoms with E-state index in [-0.39, 0.29) is 11.9 Å². The largest absolute Gasteiger partial charge is 0.465 e. The normalized spacial score (nSPS) is 10.8. The third kappa shape index (κ3) is 7.44. The Hall–Kier alpha value is -2.10. The number of methoxy groups -OCH3 is 1. The van der Waals surface area contributed by atoms with Crippen molar-refractivity contribution in [3.63, 3.8) is 0 Å². The zero-order valence-corrected chi connectivity index (χ0v) is 15.1. The van der Waals surface area contributed by atoms with E-state index in [1.165, 1.54) is 39.2 Å². The first-order valence-corrected chi connectivity index (χ1v) is 8.70. The summed E-state index contributed by atoms with van der Waals surface area (Å²) >= 11 is 0. The molecule has 0 spiro atoms. The fourth-order valence-electron chi connectivity index (χ4n) is 2.42. The van der Waals surface area contributed by atoms with E-state index in [0.29, 0.717) is 5.56 Å². The smallest absolute Gasteiger partial charge is 0.337 e. The zero-order valence-electron chi connectivity index (χ0n) is 15.1. The van der Waals surface area contributed by atoms with E-state index >= 15 is 0 Å². The van der Waals surface area contributed by atoms with Crippen LogP contribution in [0.1, 0.15) is 61.4 Å².